The number of aromatic amines is 1. The Balaban J connectivity index is 1.46. The number of hydrogen-bond donors (Lipinski definition) is 3. The van der Waals surface area contributed by atoms with Crippen LogP contribution < -0.4 is 25.9 Å². The van der Waals surface area contributed by atoms with E-state index in [0.717, 1.165) is 0 Å². The van der Waals surface area contributed by atoms with E-state index in [9.17, 15) is 14.4 Å². The van der Waals surface area contributed by atoms with Gasteiger partial charge >= 0.3 is 0 Å². The molecule has 8 nitrogen and oxygen atoms in total. The summed E-state index contributed by atoms with van der Waals surface area (Å²) in [6.45, 7) is 0.0205. The van der Waals surface area contributed by atoms with E-state index in [4.69, 9.17) is 9.47 Å². The molecule has 0 saturated heterocycles. The van der Waals surface area contributed by atoms with Crippen molar-refractivity contribution in [1.82, 2.24) is 15.8 Å². The maximum Gasteiger partial charge on any atom is 0.283 e. The Labute approximate surface area is 153 Å². The van der Waals surface area contributed by atoms with Crippen molar-refractivity contribution in [3.05, 3.63) is 70.5 Å². The number of pyridine rings is 1. The molecule has 1 atom stereocenters. The van der Waals surface area contributed by atoms with Crippen LogP contribution >= 0.6 is 0 Å². The third kappa shape index (κ3) is 3.32. The first kappa shape index (κ1) is 16.6. The molecule has 27 heavy (non-hydrogen) atoms. The number of fused-ring (bicyclic) bond motifs is 2. The first-order valence-electron chi connectivity index (χ1n) is 8.22. The summed E-state index contributed by atoms with van der Waals surface area (Å²) >= 11 is 0. The number of nitrogens with one attached hydrogen (secondary N) is 3. The van der Waals surface area contributed by atoms with Crippen molar-refractivity contribution in [1.29, 1.82) is 0 Å². The van der Waals surface area contributed by atoms with Gasteiger partial charge in [0.25, 0.3) is 11.8 Å². The summed E-state index contributed by atoms with van der Waals surface area (Å²) in [4.78, 5) is 39.1. The van der Waals surface area contributed by atoms with Crippen LogP contribution in [0.5, 0.6) is 11.5 Å². The average Bonchev–Trinajstić information content (AvgIpc) is 2.70. The summed E-state index contributed by atoms with van der Waals surface area (Å²) in [5.74, 6) is -0.161. The fourth-order valence-electron chi connectivity index (χ4n) is 2.81. The molecule has 2 heterocycles. The minimum atomic E-state index is -0.906. The number of carbonyl (C=O) groups excluding carboxylic acids is 2. The van der Waals surface area contributed by atoms with Crippen molar-refractivity contribution in [2.45, 2.75) is 6.10 Å². The highest BCUT2D eigenvalue weighted by Gasteiger charge is 2.27. The molecule has 136 valence electrons. The molecule has 2 aromatic carbocycles. The molecule has 3 N–H and O–H groups in total. The zero-order chi connectivity index (χ0) is 18.8. The van der Waals surface area contributed by atoms with E-state index in [1.165, 1.54) is 6.07 Å². The third-order valence-corrected chi connectivity index (χ3v) is 4.10. The van der Waals surface area contributed by atoms with Gasteiger partial charge in [0, 0.05) is 17.0 Å². The Hall–Kier alpha value is -3.81. The van der Waals surface area contributed by atoms with Crippen molar-refractivity contribution in [2.75, 3.05) is 6.61 Å². The van der Waals surface area contributed by atoms with E-state index in [1.54, 1.807) is 48.5 Å². The summed E-state index contributed by atoms with van der Waals surface area (Å²) in [6, 6.07) is 15.1. The molecule has 8 heteroatoms. The summed E-state index contributed by atoms with van der Waals surface area (Å²) in [5, 5.41) is 0.565. The van der Waals surface area contributed by atoms with Gasteiger partial charge in [0.15, 0.2) is 11.5 Å². The van der Waals surface area contributed by atoms with Crippen molar-refractivity contribution in [3.63, 3.8) is 0 Å². The van der Waals surface area contributed by atoms with Crippen molar-refractivity contribution in [3.8, 4) is 11.5 Å². The Morgan fingerprint density at radius 2 is 1.74 bits per heavy atom. The van der Waals surface area contributed by atoms with Crippen LogP contribution in [0.3, 0.4) is 0 Å². The van der Waals surface area contributed by atoms with E-state index in [1.807, 2.05) is 0 Å². The number of benzene rings is 2. The summed E-state index contributed by atoms with van der Waals surface area (Å²) in [6.07, 6.45) is -0.906. The maximum absolute atomic E-state index is 12.4. The molecule has 0 saturated carbocycles. The molecule has 4 rings (SSSR count). The lowest BCUT2D eigenvalue weighted by Gasteiger charge is -2.25. The molecule has 1 aromatic heterocycles. The summed E-state index contributed by atoms with van der Waals surface area (Å²) in [7, 11) is 0. The number of para-hydroxylation sites is 3. The first-order valence-corrected chi connectivity index (χ1v) is 8.22. The van der Waals surface area contributed by atoms with Crippen LogP contribution in [0.4, 0.5) is 0 Å². The number of hydrazine groups is 1. The summed E-state index contributed by atoms with van der Waals surface area (Å²) in [5.41, 5.74) is 4.89. The predicted octanol–water partition coefficient (Wildman–Crippen LogP) is 1.13. The quantitative estimate of drug-likeness (QED) is 0.590. The zero-order valence-electron chi connectivity index (χ0n) is 14.0. The van der Waals surface area contributed by atoms with E-state index in [-0.39, 0.29) is 12.2 Å². The lowest BCUT2D eigenvalue weighted by Crippen LogP contribution is -2.51. The van der Waals surface area contributed by atoms with Crippen LogP contribution in [0.25, 0.3) is 10.9 Å². The highest BCUT2D eigenvalue weighted by molar-refractivity contribution is 6.06. The van der Waals surface area contributed by atoms with Gasteiger partial charge in [0.1, 0.15) is 6.61 Å². The highest BCUT2D eigenvalue weighted by atomic mass is 16.6. The van der Waals surface area contributed by atoms with Gasteiger partial charge in [-0.2, -0.15) is 0 Å². The zero-order valence-corrected chi connectivity index (χ0v) is 14.0. The van der Waals surface area contributed by atoms with Gasteiger partial charge in [-0.3, -0.25) is 25.2 Å². The molecule has 0 fully saturated rings. The second kappa shape index (κ2) is 6.83. The van der Waals surface area contributed by atoms with Gasteiger partial charge in [-0.1, -0.05) is 30.3 Å². The number of rotatable bonds is 2. The number of ether oxygens (including phenoxy) is 2. The van der Waals surface area contributed by atoms with Gasteiger partial charge < -0.3 is 14.5 Å². The van der Waals surface area contributed by atoms with Crippen molar-refractivity contribution >= 4 is 22.7 Å². The van der Waals surface area contributed by atoms with Crippen LogP contribution in [0.1, 0.15) is 10.4 Å². The molecule has 2 amide bonds. The van der Waals surface area contributed by atoms with Crippen LogP contribution in [0, 0.1) is 0 Å². The summed E-state index contributed by atoms with van der Waals surface area (Å²) < 4.78 is 11.1. The van der Waals surface area contributed by atoms with Gasteiger partial charge in [0.2, 0.25) is 11.7 Å². The molecule has 0 aliphatic carbocycles. The fourth-order valence-corrected chi connectivity index (χ4v) is 2.81. The van der Waals surface area contributed by atoms with Crippen LogP contribution in [0.2, 0.25) is 0 Å². The van der Waals surface area contributed by atoms with Crippen LogP contribution in [-0.2, 0) is 4.79 Å². The average molecular weight is 365 g/mol. The Morgan fingerprint density at radius 3 is 2.59 bits per heavy atom. The molecule has 0 radical (unpaired) electrons. The number of carbonyl (C=O) groups is 2. The molecule has 0 spiro atoms. The lowest BCUT2D eigenvalue weighted by atomic mass is 10.1. The van der Waals surface area contributed by atoms with E-state index in [2.05, 4.69) is 15.8 Å². The van der Waals surface area contributed by atoms with Gasteiger partial charge in [-0.05, 0) is 18.2 Å². The monoisotopic (exact) mass is 365 g/mol. The SMILES string of the molecule is O=C(NNC(=O)[C@H]1COc2ccccc2O1)c1cc(=O)[nH]c2ccccc12. The predicted molar refractivity (Wildman–Crippen MR) is 96.5 cm³/mol. The second-order valence-electron chi connectivity index (χ2n) is 5.90. The largest absolute Gasteiger partial charge is 0.485 e. The standard InChI is InChI=1S/C19H15N3O5/c23-17-9-12(11-5-1-2-6-13(11)20-17)18(24)21-22-19(25)16-10-26-14-7-3-4-8-15(14)27-16/h1-9,16H,10H2,(H,20,23)(H,21,24)(H,22,25)/t16-/m1/s1. The number of H-pyrrole nitrogens is 1. The molecular weight excluding hydrogens is 350 g/mol. The minimum Gasteiger partial charge on any atom is -0.485 e. The number of hydrogen-bond acceptors (Lipinski definition) is 5. The van der Waals surface area contributed by atoms with Crippen molar-refractivity contribution < 1.29 is 19.1 Å². The fraction of sp³-hybridized carbons (Fsp3) is 0.105. The second-order valence-corrected chi connectivity index (χ2v) is 5.90. The maximum atomic E-state index is 12.4. The van der Waals surface area contributed by atoms with Crippen molar-refractivity contribution in [2.24, 2.45) is 0 Å². The number of aromatic nitrogens is 1. The van der Waals surface area contributed by atoms with Gasteiger partial charge in [-0.15, -0.1) is 0 Å². The molecule has 0 bridgehead atoms. The smallest absolute Gasteiger partial charge is 0.283 e. The third-order valence-electron chi connectivity index (χ3n) is 4.10. The molecule has 1 aliphatic heterocycles. The normalized spacial score (nSPS) is 15.2. The van der Waals surface area contributed by atoms with Gasteiger partial charge in [-0.25, -0.2) is 0 Å². The molecule has 3 aromatic rings. The Bertz CT molecular complexity index is 1090. The van der Waals surface area contributed by atoms with Gasteiger partial charge in [0.05, 0.1) is 5.56 Å². The van der Waals surface area contributed by atoms with Crippen LogP contribution in [-0.4, -0.2) is 29.5 Å². The highest BCUT2D eigenvalue weighted by Crippen LogP contribution is 2.30. The minimum absolute atomic E-state index is 0.0205. The lowest BCUT2D eigenvalue weighted by molar-refractivity contribution is -0.131. The van der Waals surface area contributed by atoms with Crippen LogP contribution in [0.15, 0.2) is 59.4 Å². The molecule has 1 aliphatic rings. The van der Waals surface area contributed by atoms with E-state index in [0.29, 0.717) is 22.4 Å². The Kier molecular flexibility index (Phi) is 4.21. The number of amides is 2. The molecule has 0 unspecified atom stereocenters. The topological polar surface area (TPSA) is 110 Å². The Morgan fingerprint density at radius 1 is 1.00 bits per heavy atom. The van der Waals surface area contributed by atoms with E-state index >= 15 is 0 Å². The van der Waals surface area contributed by atoms with E-state index < -0.39 is 23.5 Å². The first-order chi connectivity index (χ1) is 13.1. The molecular formula is C19H15N3O5.